The number of anilines is 1. The zero-order chi connectivity index (χ0) is 17.1. The van der Waals surface area contributed by atoms with E-state index in [9.17, 15) is 4.79 Å². The summed E-state index contributed by atoms with van der Waals surface area (Å²) in [5.41, 5.74) is 8.77. The quantitative estimate of drug-likeness (QED) is 0.575. The molecule has 0 radical (unpaired) electrons. The minimum Gasteiger partial charge on any atom is -0.454 e. The molecule has 0 aromatic heterocycles. The van der Waals surface area contributed by atoms with Crippen LogP contribution in [0, 0.1) is 13.8 Å². The predicted molar refractivity (Wildman–Crippen MR) is 95.3 cm³/mol. The van der Waals surface area contributed by atoms with Crippen molar-refractivity contribution < 1.29 is 14.3 Å². The number of thiocarbonyl (C=S) groups is 1. The zero-order valence-corrected chi connectivity index (χ0v) is 14.1. The molecular formula is C17H17N3O3S. The average Bonchev–Trinajstić information content (AvgIpc) is 3.03. The van der Waals surface area contributed by atoms with E-state index in [1.807, 2.05) is 32.0 Å². The summed E-state index contributed by atoms with van der Waals surface area (Å²) in [5.74, 6) is 0.865. The van der Waals surface area contributed by atoms with E-state index in [0.29, 0.717) is 22.2 Å². The molecule has 0 saturated heterocycles. The standard InChI is InChI=1S/C17H17N3O3S/c1-10-4-3-5-11(2)15(10)18-17(24)20-19-16(21)12-6-7-13-14(8-12)23-9-22-13/h3-8H,9H2,1-2H3,(H,19,21)(H2,18,20,24). The number of carbonyl (C=O) groups is 1. The van der Waals surface area contributed by atoms with Gasteiger partial charge in [-0.3, -0.25) is 15.6 Å². The molecule has 0 fully saturated rings. The van der Waals surface area contributed by atoms with Crippen LogP contribution in [-0.4, -0.2) is 17.8 Å². The van der Waals surface area contributed by atoms with Crippen LogP contribution in [0.25, 0.3) is 0 Å². The van der Waals surface area contributed by atoms with Gasteiger partial charge in [-0.25, -0.2) is 0 Å². The molecule has 0 saturated carbocycles. The lowest BCUT2D eigenvalue weighted by molar-refractivity contribution is 0.0943. The molecule has 3 N–H and O–H groups in total. The van der Waals surface area contributed by atoms with Gasteiger partial charge in [-0.15, -0.1) is 0 Å². The number of ether oxygens (including phenoxy) is 2. The maximum atomic E-state index is 12.2. The molecule has 0 spiro atoms. The van der Waals surface area contributed by atoms with E-state index in [4.69, 9.17) is 21.7 Å². The van der Waals surface area contributed by atoms with Gasteiger partial charge in [0.05, 0.1) is 0 Å². The number of hydrogen-bond donors (Lipinski definition) is 3. The summed E-state index contributed by atoms with van der Waals surface area (Å²) >= 11 is 5.22. The number of rotatable bonds is 2. The van der Waals surface area contributed by atoms with Gasteiger partial charge < -0.3 is 14.8 Å². The third-order valence-corrected chi connectivity index (χ3v) is 3.85. The number of carbonyl (C=O) groups excluding carboxylic acids is 1. The molecule has 2 aromatic rings. The highest BCUT2D eigenvalue weighted by molar-refractivity contribution is 7.80. The molecule has 24 heavy (non-hydrogen) atoms. The Hall–Kier alpha value is -2.80. The molecule has 1 heterocycles. The third kappa shape index (κ3) is 3.41. The number of nitrogens with one attached hydrogen (secondary N) is 3. The number of hydrogen-bond acceptors (Lipinski definition) is 4. The summed E-state index contributed by atoms with van der Waals surface area (Å²) < 4.78 is 10.5. The van der Waals surface area contributed by atoms with Crippen LogP contribution >= 0.6 is 12.2 Å². The van der Waals surface area contributed by atoms with Crippen LogP contribution in [0.15, 0.2) is 36.4 Å². The summed E-state index contributed by atoms with van der Waals surface area (Å²) in [6.07, 6.45) is 0. The largest absolute Gasteiger partial charge is 0.454 e. The lowest BCUT2D eigenvalue weighted by atomic mass is 10.1. The van der Waals surface area contributed by atoms with E-state index in [1.165, 1.54) is 0 Å². The first-order valence-electron chi connectivity index (χ1n) is 7.38. The van der Waals surface area contributed by atoms with Gasteiger partial charge >= 0.3 is 0 Å². The van der Waals surface area contributed by atoms with Crippen LogP contribution < -0.4 is 25.6 Å². The maximum Gasteiger partial charge on any atom is 0.269 e. The fourth-order valence-electron chi connectivity index (χ4n) is 2.38. The normalized spacial score (nSPS) is 11.8. The van der Waals surface area contributed by atoms with Crippen molar-refractivity contribution in [3.63, 3.8) is 0 Å². The van der Waals surface area contributed by atoms with Crippen LogP contribution in [0.4, 0.5) is 5.69 Å². The second-order valence-electron chi connectivity index (χ2n) is 5.37. The number of fused-ring (bicyclic) bond motifs is 1. The van der Waals surface area contributed by atoms with Gasteiger partial charge in [0.1, 0.15) is 0 Å². The first-order chi connectivity index (χ1) is 11.5. The number of hydrazine groups is 1. The molecule has 124 valence electrons. The third-order valence-electron chi connectivity index (χ3n) is 3.64. The Balaban J connectivity index is 1.59. The number of amides is 1. The Morgan fingerprint density at radius 3 is 2.50 bits per heavy atom. The Kier molecular flexibility index (Phi) is 4.52. The topological polar surface area (TPSA) is 71.6 Å². The van der Waals surface area contributed by atoms with E-state index in [2.05, 4.69) is 16.2 Å². The van der Waals surface area contributed by atoms with Crippen LogP contribution in [0.5, 0.6) is 11.5 Å². The molecule has 3 rings (SSSR count). The lowest BCUT2D eigenvalue weighted by Gasteiger charge is -2.15. The molecule has 0 unspecified atom stereocenters. The Bertz CT molecular complexity index is 787. The van der Waals surface area contributed by atoms with Crippen molar-refractivity contribution in [2.45, 2.75) is 13.8 Å². The molecule has 1 aliphatic rings. The van der Waals surface area contributed by atoms with Crippen LogP contribution in [-0.2, 0) is 0 Å². The fourth-order valence-corrected chi connectivity index (χ4v) is 2.53. The molecule has 2 aromatic carbocycles. The van der Waals surface area contributed by atoms with Crippen molar-refractivity contribution in [2.75, 3.05) is 12.1 Å². The molecule has 0 bridgehead atoms. The van der Waals surface area contributed by atoms with E-state index in [1.54, 1.807) is 18.2 Å². The van der Waals surface area contributed by atoms with Crippen LogP contribution in [0.2, 0.25) is 0 Å². The Labute approximate surface area is 145 Å². The van der Waals surface area contributed by atoms with E-state index in [-0.39, 0.29) is 12.7 Å². The van der Waals surface area contributed by atoms with Crippen molar-refractivity contribution in [3.05, 3.63) is 53.1 Å². The smallest absolute Gasteiger partial charge is 0.269 e. The van der Waals surface area contributed by atoms with Crippen LogP contribution in [0.3, 0.4) is 0 Å². The average molecular weight is 343 g/mol. The first kappa shape index (κ1) is 16.1. The number of para-hydroxylation sites is 1. The number of aryl methyl sites for hydroxylation is 2. The summed E-state index contributed by atoms with van der Waals surface area (Å²) in [7, 11) is 0. The highest BCUT2D eigenvalue weighted by Gasteiger charge is 2.16. The summed E-state index contributed by atoms with van der Waals surface area (Å²) in [6, 6.07) is 10.9. The monoisotopic (exact) mass is 343 g/mol. The summed E-state index contributed by atoms with van der Waals surface area (Å²) in [6.45, 7) is 4.15. The van der Waals surface area contributed by atoms with E-state index >= 15 is 0 Å². The van der Waals surface area contributed by atoms with Crippen molar-refractivity contribution >= 4 is 28.9 Å². The van der Waals surface area contributed by atoms with Gasteiger partial charge in [-0.05, 0) is 55.4 Å². The van der Waals surface area contributed by atoms with E-state index in [0.717, 1.165) is 16.8 Å². The van der Waals surface area contributed by atoms with Crippen molar-refractivity contribution in [1.29, 1.82) is 0 Å². The molecule has 1 amide bonds. The van der Waals surface area contributed by atoms with Gasteiger partial charge in [0, 0.05) is 11.3 Å². The molecule has 7 heteroatoms. The number of benzene rings is 2. The second kappa shape index (κ2) is 6.76. The second-order valence-corrected chi connectivity index (χ2v) is 5.78. The van der Waals surface area contributed by atoms with Gasteiger partial charge in [-0.2, -0.15) is 0 Å². The first-order valence-corrected chi connectivity index (χ1v) is 7.78. The zero-order valence-electron chi connectivity index (χ0n) is 13.3. The van der Waals surface area contributed by atoms with Crippen molar-refractivity contribution in [1.82, 2.24) is 10.9 Å². The van der Waals surface area contributed by atoms with Gasteiger partial charge in [0.25, 0.3) is 5.91 Å². The molecule has 0 atom stereocenters. The highest BCUT2D eigenvalue weighted by atomic mass is 32.1. The highest BCUT2D eigenvalue weighted by Crippen LogP contribution is 2.32. The van der Waals surface area contributed by atoms with Crippen LogP contribution in [0.1, 0.15) is 21.5 Å². The Morgan fingerprint density at radius 1 is 1.04 bits per heavy atom. The van der Waals surface area contributed by atoms with Gasteiger partial charge in [0.15, 0.2) is 16.6 Å². The SMILES string of the molecule is Cc1cccc(C)c1NC(=S)NNC(=O)c1ccc2c(c1)OCO2. The summed E-state index contributed by atoms with van der Waals surface area (Å²) in [4.78, 5) is 12.2. The van der Waals surface area contributed by atoms with Crippen molar-refractivity contribution in [3.8, 4) is 11.5 Å². The van der Waals surface area contributed by atoms with Crippen molar-refractivity contribution in [2.24, 2.45) is 0 Å². The molecule has 0 aliphatic carbocycles. The fraction of sp³-hybridized carbons (Fsp3) is 0.176. The predicted octanol–water partition coefficient (Wildman–Crippen LogP) is 2.66. The molecular weight excluding hydrogens is 326 g/mol. The minimum absolute atomic E-state index is 0.169. The van der Waals surface area contributed by atoms with Gasteiger partial charge in [0.2, 0.25) is 6.79 Å². The summed E-state index contributed by atoms with van der Waals surface area (Å²) in [5, 5.41) is 3.39. The molecule has 1 aliphatic heterocycles. The Morgan fingerprint density at radius 2 is 1.75 bits per heavy atom. The minimum atomic E-state index is -0.320. The lowest BCUT2D eigenvalue weighted by Crippen LogP contribution is -2.43. The van der Waals surface area contributed by atoms with Gasteiger partial charge in [-0.1, -0.05) is 18.2 Å². The molecule has 6 nitrogen and oxygen atoms in total. The maximum absolute atomic E-state index is 12.2. The van der Waals surface area contributed by atoms with E-state index < -0.39 is 0 Å².